The third-order valence-corrected chi connectivity index (χ3v) is 3.14. The molecule has 1 aromatic carbocycles. The molecule has 0 spiro atoms. The van der Waals surface area contributed by atoms with Gasteiger partial charge in [-0.2, -0.15) is 13.2 Å². The number of rotatable bonds is 3. The molecular formula is C14H15F7. The minimum Gasteiger partial charge on any atom is -0.203 e. The normalized spacial score (nSPS) is 13.1. The van der Waals surface area contributed by atoms with E-state index in [1.54, 1.807) is 13.8 Å². The Morgan fingerprint density at radius 1 is 0.762 bits per heavy atom. The lowest BCUT2D eigenvalue weighted by atomic mass is 9.77. The van der Waals surface area contributed by atoms with Crippen LogP contribution in [0.1, 0.15) is 45.2 Å². The molecule has 0 amide bonds. The average Bonchev–Trinajstić information content (AvgIpc) is 2.22. The highest BCUT2D eigenvalue weighted by molar-refractivity contribution is 5.35. The van der Waals surface area contributed by atoms with Gasteiger partial charge in [-0.3, -0.25) is 0 Å². The van der Waals surface area contributed by atoms with Crippen molar-refractivity contribution in [1.29, 1.82) is 0 Å². The van der Waals surface area contributed by atoms with Gasteiger partial charge in [0, 0.05) is 5.56 Å². The van der Waals surface area contributed by atoms with Gasteiger partial charge in [0.25, 0.3) is 0 Å². The minimum absolute atomic E-state index is 0.0767. The largest absolute Gasteiger partial charge is 0.422 e. The van der Waals surface area contributed by atoms with Crippen LogP contribution in [-0.2, 0) is 11.6 Å². The lowest BCUT2D eigenvalue weighted by Gasteiger charge is -2.29. The van der Waals surface area contributed by atoms with E-state index < -0.39 is 46.0 Å². The summed E-state index contributed by atoms with van der Waals surface area (Å²) in [5.41, 5.74) is -4.89. The third kappa shape index (κ3) is 3.32. The van der Waals surface area contributed by atoms with Crippen LogP contribution in [0.15, 0.2) is 0 Å². The van der Waals surface area contributed by atoms with Gasteiger partial charge in [0.1, 0.15) is 5.56 Å². The zero-order valence-corrected chi connectivity index (χ0v) is 11.9. The number of hydrogen-bond acceptors (Lipinski definition) is 0. The van der Waals surface area contributed by atoms with Crippen LogP contribution in [0.4, 0.5) is 30.7 Å². The van der Waals surface area contributed by atoms with E-state index in [1.807, 2.05) is 0 Å². The molecule has 1 rings (SSSR count). The predicted molar refractivity (Wildman–Crippen MR) is 63.8 cm³/mol. The molecule has 0 saturated heterocycles. The number of benzene rings is 1. The van der Waals surface area contributed by atoms with E-state index in [-0.39, 0.29) is 12.3 Å². The zero-order valence-electron chi connectivity index (χ0n) is 11.9. The van der Waals surface area contributed by atoms with Gasteiger partial charge in [-0.25, -0.2) is 17.6 Å². The van der Waals surface area contributed by atoms with Crippen LogP contribution in [0.2, 0.25) is 0 Å². The Balaban J connectivity index is 3.66. The van der Waals surface area contributed by atoms with Crippen molar-refractivity contribution in [3.8, 4) is 0 Å². The second kappa shape index (κ2) is 5.50. The maximum atomic E-state index is 13.9. The van der Waals surface area contributed by atoms with Crippen LogP contribution >= 0.6 is 0 Å². The van der Waals surface area contributed by atoms with Crippen molar-refractivity contribution in [2.24, 2.45) is 5.92 Å². The molecule has 120 valence electrons. The molecule has 21 heavy (non-hydrogen) atoms. The van der Waals surface area contributed by atoms with Crippen LogP contribution in [-0.4, -0.2) is 0 Å². The molecule has 0 aliphatic rings. The van der Waals surface area contributed by atoms with Crippen LogP contribution in [0, 0.1) is 29.2 Å². The standard InChI is InChI=1S/C14H15F7/c1-6(2)5-13(3,4)7-9(15)11(17)8(14(19,20)21)12(18)10(7)16/h6H,5H2,1-4H3. The molecule has 0 N–H and O–H groups in total. The van der Waals surface area contributed by atoms with Crippen molar-refractivity contribution in [1.82, 2.24) is 0 Å². The summed E-state index contributed by atoms with van der Waals surface area (Å²) in [6.45, 7) is 6.07. The Morgan fingerprint density at radius 2 is 1.10 bits per heavy atom. The van der Waals surface area contributed by atoms with E-state index in [4.69, 9.17) is 0 Å². The highest BCUT2D eigenvalue weighted by Crippen LogP contribution is 2.41. The minimum atomic E-state index is -5.52. The zero-order chi connectivity index (χ0) is 16.7. The summed E-state index contributed by atoms with van der Waals surface area (Å²) in [7, 11) is 0. The molecule has 0 aromatic heterocycles. The second-order valence-corrected chi connectivity index (χ2v) is 5.99. The van der Waals surface area contributed by atoms with Crippen molar-refractivity contribution in [3.63, 3.8) is 0 Å². The van der Waals surface area contributed by atoms with Gasteiger partial charge in [-0.05, 0) is 17.8 Å². The monoisotopic (exact) mass is 316 g/mol. The molecule has 0 nitrogen and oxygen atoms in total. The highest BCUT2D eigenvalue weighted by atomic mass is 19.4. The van der Waals surface area contributed by atoms with Crippen LogP contribution < -0.4 is 0 Å². The molecular weight excluding hydrogens is 301 g/mol. The summed E-state index contributed by atoms with van der Waals surface area (Å²) in [6, 6.07) is 0. The molecule has 0 fully saturated rings. The summed E-state index contributed by atoms with van der Waals surface area (Å²) in [5.74, 6) is -8.88. The lowest BCUT2D eigenvalue weighted by molar-refractivity contribution is -0.143. The summed E-state index contributed by atoms with van der Waals surface area (Å²) in [6.07, 6.45) is -5.37. The molecule has 7 heteroatoms. The second-order valence-electron chi connectivity index (χ2n) is 5.99. The van der Waals surface area contributed by atoms with Crippen LogP contribution in [0.25, 0.3) is 0 Å². The van der Waals surface area contributed by atoms with Crippen LogP contribution in [0.3, 0.4) is 0 Å². The molecule has 0 atom stereocenters. The van der Waals surface area contributed by atoms with E-state index in [2.05, 4.69) is 0 Å². The molecule has 0 unspecified atom stereocenters. The molecule has 1 aromatic rings. The number of alkyl halides is 3. The van der Waals surface area contributed by atoms with Gasteiger partial charge in [-0.15, -0.1) is 0 Å². The van der Waals surface area contributed by atoms with Crippen LogP contribution in [0.5, 0.6) is 0 Å². The van der Waals surface area contributed by atoms with Crippen molar-refractivity contribution < 1.29 is 30.7 Å². The SMILES string of the molecule is CC(C)CC(C)(C)c1c(F)c(F)c(C(F)(F)F)c(F)c1F. The quantitative estimate of drug-likeness (QED) is 0.504. The maximum absolute atomic E-state index is 13.9. The lowest BCUT2D eigenvalue weighted by Crippen LogP contribution is -2.27. The van der Waals surface area contributed by atoms with E-state index in [0.29, 0.717) is 0 Å². The Labute approximate surface area is 118 Å². The Morgan fingerprint density at radius 3 is 1.38 bits per heavy atom. The molecule has 0 saturated carbocycles. The summed E-state index contributed by atoms with van der Waals surface area (Å²) in [5, 5.41) is 0. The molecule has 0 radical (unpaired) electrons. The highest BCUT2D eigenvalue weighted by Gasteiger charge is 2.44. The number of halogens is 7. The van der Waals surface area contributed by atoms with Gasteiger partial charge >= 0.3 is 6.18 Å². The Kier molecular flexibility index (Phi) is 4.65. The first-order valence-corrected chi connectivity index (χ1v) is 6.24. The molecule has 0 aliphatic carbocycles. The predicted octanol–water partition coefficient (Wildman–Crippen LogP) is 5.59. The van der Waals surface area contributed by atoms with E-state index in [1.165, 1.54) is 13.8 Å². The Bertz CT molecular complexity index is 512. The summed E-state index contributed by atoms with van der Waals surface area (Å²) < 4.78 is 92.4. The molecule has 0 heterocycles. The Hall–Kier alpha value is -1.27. The smallest absolute Gasteiger partial charge is 0.203 e. The molecule has 0 bridgehead atoms. The fraction of sp³-hybridized carbons (Fsp3) is 0.571. The van der Waals surface area contributed by atoms with Gasteiger partial charge < -0.3 is 0 Å². The summed E-state index contributed by atoms with van der Waals surface area (Å²) in [4.78, 5) is 0. The third-order valence-electron chi connectivity index (χ3n) is 3.14. The summed E-state index contributed by atoms with van der Waals surface area (Å²) >= 11 is 0. The van der Waals surface area contributed by atoms with E-state index >= 15 is 0 Å². The van der Waals surface area contributed by atoms with Gasteiger partial charge in [0.2, 0.25) is 0 Å². The van der Waals surface area contributed by atoms with Crippen molar-refractivity contribution in [3.05, 3.63) is 34.4 Å². The van der Waals surface area contributed by atoms with E-state index in [0.717, 1.165) is 0 Å². The van der Waals surface area contributed by atoms with Gasteiger partial charge in [0.05, 0.1) is 0 Å². The van der Waals surface area contributed by atoms with E-state index in [9.17, 15) is 30.7 Å². The first-order chi connectivity index (χ1) is 9.30. The first-order valence-electron chi connectivity index (χ1n) is 6.24. The van der Waals surface area contributed by atoms with Crippen molar-refractivity contribution >= 4 is 0 Å². The average molecular weight is 316 g/mol. The maximum Gasteiger partial charge on any atom is 0.422 e. The van der Waals surface area contributed by atoms with Crippen molar-refractivity contribution in [2.75, 3.05) is 0 Å². The fourth-order valence-electron chi connectivity index (χ4n) is 2.60. The van der Waals surface area contributed by atoms with Gasteiger partial charge in [-0.1, -0.05) is 27.7 Å². The number of hydrogen-bond donors (Lipinski definition) is 0. The van der Waals surface area contributed by atoms with Gasteiger partial charge in [0.15, 0.2) is 23.3 Å². The van der Waals surface area contributed by atoms with Crippen molar-refractivity contribution in [2.45, 2.75) is 45.7 Å². The fourth-order valence-corrected chi connectivity index (χ4v) is 2.60. The topological polar surface area (TPSA) is 0 Å². The first kappa shape index (κ1) is 17.8. The molecule has 0 aliphatic heterocycles.